The summed E-state index contributed by atoms with van der Waals surface area (Å²) in [5, 5.41) is 9.89. The van der Waals surface area contributed by atoms with Crippen molar-refractivity contribution >= 4 is 11.6 Å². The fourth-order valence-corrected chi connectivity index (χ4v) is 2.81. The number of ether oxygens (including phenoxy) is 2. The second-order valence-electron chi connectivity index (χ2n) is 4.85. The Morgan fingerprint density at radius 1 is 1.21 bits per heavy atom. The van der Waals surface area contributed by atoms with E-state index in [2.05, 4.69) is 13.8 Å². The van der Waals surface area contributed by atoms with Crippen molar-refractivity contribution in [3.05, 3.63) is 34.9 Å². The average molecular weight is 285 g/mol. The minimum Gasteiger partial charge on any atom is -0.396 e. The molecule has 2 rings (SSSR count). The van der Waals surface area contributed by atoms with Crippen molar-refractivity contribution in [1.82, 2.24) is 0 Å². The van der Waals surface area contributed by atoms with E-state index in [1.807, 2.05) is 24.3 Å². The van der Waals surface area contributed by atoms with Crippen molar-refractivity contribution in [2.24, 2.45) is 0 Å². The van der Waals surface area contributed by atoms with E-state index < -0.39 is 5.79 Å². The van der Waals surface area contributed by atoms with E-state index in [1.54, 1.807) is 0 Å². The van der Waals surface area contributed by atoms with Crippen LogP contribution in [0.15, 0.2) is 24.3 Å². The Kier molecular flexibility index (Phi) is 4.85. The molecule has 2 atom stereocenters. The fourth-order valence-electron chi connectivity index (χ4n) is 2.56. The van der Waals surface area contributed by atoms with E-state index in [4.69, 9.17) is 21.1 Å². The summed E-state index contributed by atoms with van der Waals surface area (Å²) in [6.45, 7) is 4.18. The van der Waals surface area contributed by atoms with Crippen molar-refractivity contribution in [2.75, 3.05) is 6.61 Å². The highest BCUT2D eigenvalue weighted by atomic mass is 35.5. The summed E-state index contributed by atoms with van der Waals surface area (Å²) in [5.41, 5.74) is 0.936. The van der Waals surface area contributed by atoms with Crippen molar-refractivity contribution < 1.29 is 14.6 Å². The zero-order valence-electron chi connectivity index (χ0n) is 11.4. The van der Waals surface area contributed by atoms with Crippen molar-refractivity contribution in [1.29, 1.82) is 0 Å². The van der Waals surface area contributed by atoms with Gasteiger partial charge in [0.25, 0.3) is 0 Å². The molecule has 19 heavy (non-hydrogen) atoms. The molecule has 1 fully saturated rings. The highest BCUT2D eigenvalue weighted by Crippen LogP contribution is 2.44. The molecule has 106 valence electrons. The SMILES string of the molecule is CCC1(CC)OC(CCO)[C@@H](c2ccccc2Cl)O1. The van der Waals surface area contributed by atoms with Gasteiger partial charge in [0.2, 0.25) is 0 Å². The summed E-state index contributed by atoms with van der Waals surface area (Å²) in [4.78, 5) is 0. The molecular formula is C15H21ClO3. The van der Waals surface area contributed by atoms with Crippen molar-refractivity contribution in [3.8, 4) is 0 Å². The summed E-state index contributed by atoms with van der Waals surface area (Å²) in [6, 6.07) is 7.66. The molecule has 3 nitrogen and oxygen atoms in total. The largest absolute Gasteiger partial charge is 0.396 e. The number of hydrogen-bond acceptors (Lipinski definition) is 3. The van der Waals surface area contributed by atoms with Gasteiger partial charge >= 0.3 is 0 Å². The molecule has 0 saturated carbocycles. The van der Waals surface area contributed by atoms with Gasteiger partial charge in [0, 0.05) is 17.2 Å². The minimum atomic E-state index is -0.552. The third-order valence-corrected chi connectivity index (χ3v) is 4.09. The molecule has 1 aliphatic rings. The third kappa shape index (κ3) is 2.95. The van der Waals surface area contributed by atoms with Crippen LogP contribution in [0.25, 0.3) is 0 Å². The van der Waals surface area contributed by atoms with Crippen LogP contribution in [0.4, 0.5) is 0 Å². The van der Waals surface area contributed by atoms with Crippen LogP contribution in [0.1, 0.15) is 44.8 Å². The Hall–Kier alpha value is -0.610. The standard InChI is InChI=1S/C15H21ClO3/c1-3-15(4-2)18-13(9-10-17)14(19-15)11-7-5-6-8-12(11)16/h5-8,13-14,17H,3-4,9-10H2,1-2H3/t13?,14-/m1/s1. The first-order valence-electron chi connectivity index (χ1n) is 6.86. The number of benzene rings is 1. The van der Waals surface area contributed by atoms with E-state index in [9.17, 15) is 5.11 Å². The molecule has 1 saturated heterocycles. The zero-order valence-corrected chi connectivity index (χ0v) is 12.2. The maximum atomic E-state index is 9.21. The molecule has 1 N–H and O–H groups in total. The molecule has 0 amide bonds. The van der Waals surface area contributed by atoms with Crippen LogP contribution in [0, 0.1) is 0 Å². The summed E-state index contributed by atoms with van der Waals surface area (Å²) in [7, 11) is 0. The number of halogens is 1. The lowest BCUT2D eigenvalue weighted by atomic mass is 10.0. The first-order chi connectivity index (χ1) is 9.15. The van der Waals surface area contributed by atoms with Gasteiger partial charge in [0.1, 0.15) is 6.10 Å². The van der Waals surface area contributed by atoms with Gasteiger partial charge < -0.3 is 14.6 Å². The lowest BCUT2D eigenvalue weighted by Gasteiger charge is -2.25. The van der Waals surface area contributed by atoms with Crippen LogP contribution in [0.5, 0.6) is 0 Å². The first kappa shape index (κ1) is 14.8. The Bertz CT molecular complexity index is 418. The van der Waals surface area contributed by atoms with Crippen LogP contribution >= 0.6 is 11.6 Å². The van der Waals surface area contributed by atoms with Crippen LogP contribution in [-0.4, -0.2) is 23.6 Å². The molecule has 0 bridgehead atoms. The minimum absolute atomic E-state index is 0.0818. The summed E-state index contributed by atoms with van der Waals surface area (Å²) in [6.07, 6.45) is 1.77. The summed E-state index contributed by atoms with van der Waals surface area (Å²) < 4.78 is 12.2. The Morgan fingerprint density at radius 3 is 2.47 bits per heavy atom. The van der Waals surface area contributed by atoms with Crippen LogP contribution in [0.3, 0.4) is 0 Å². The third-order valence-electron chi connectivity index (χ3n) is 3.75. The molecular weight excluding hydrogens is 264 g/mol. The lowest BCUT2D eigenvalue weighted by Crippen LogP contribution is -2.29. The normalized spacial score (nSPS) is 25.7. The number of aliphatic hydroxyl groups is 1. The van der Waals surface area contributed by atoms with Gasteiger partial charge in [0.15, 0.2) is 5.79 Å². The smallest absolute Gasteiger partial charge is 0.169 e. The molecule has 0 aromatic heterocycles. The number of rotatable bonds is 5. The van der Waals surface area contributed by atoms with Gasteiger partial charge in [-0.05, 0) is 25.3 Å². The molecule has 1 aromatic carbocycles. The quantitative estimate of drug-likeness (QED) is 0.896. The van der Waals surface area contributed by atoms with Crippen LogP contribution in [0.2, 0.25) is 5.02 Å². The van der Waals surface area contributed by atoms with Crippen molar-refractivity contribution in [2.45, 2.75) is 51.1 Å². The summed E-state index contributed by atoms with van der Waals surface area (Å²) >= 11 is 6.25. The number of hydrogen-bond donors (Lipinski definition) is 1. The Morgan fingerprint density at radius 2 is 1.89 bits per heavy atom. The molecule has 0 aliphatic carbocycles. The highest BCUT2D eigenvalue weighted by Gasteiger charge is 2.46. The van der Waals surface area contributed by atoms with Gasteiger partial charge in [-0.1, -0.05) is 43.6 Å². The van der Waals surface area contributed by atoms with Gasteiger partial charge in [-0.2, -0.15) is 0 Å². The molecule has 1 aromatic rings. The lowest BCUT2D eigenvalue weighted by molar-refractivity contribution is -0.180. The monoisotopic (exact) mass is 284 g/mol. The first-order valence-corrected chi connectivity index (χ1v) is 7.24. The van der Waals surface area contributed by atoms with E-state index >= 15 is 0 Å². The molecule has 1 heterocycles. The predicted molar refractivity (Wildman–Crippen MR) is 75.2 cm³/mol. The molecule has 1 unspecified atom stereocenters. The predicted octanol–water partition coefficient (Wildman–Crippen LogP) is 3.70. The van der Waals surface area contributed by atoms with E-state index in [-0.39, 0.29) is 18.8 Å². The van der Waals surface area contributed by atoms with E-state index in [0.29, 0.717) is 11.4 Å². The molecule has 1 aliphatic heterocycles. The van der Waals surface area contributed by atoms with Gasteiger partial charge in [0.05, 0.1) is 6.10 Å². The summed E-state index contributed by atoms with van der Waals surface area (Å²) in [5.74, 6) is -0.552. The zero-order chi connectivity index (χ0) is 13.9. The fraction of sp³-hybridized carbons (Fsp3) is 0.600. The maximum absolute atomic E-state index is 9.21. The van der Waals surface area contributed by atoms with E-state index in [1.165, 1.54) is 0 Å². The van der Waals surface area contributed by atoms with Crippen LogP contribution in [-0.2, 0) is 9.47 Å². The average Bonchev–Trinajstić information content (AvgIpc) is 2.79. The Labute approximate surface area is 119 Å². The van der Waals surface area contributed by atoms with Crippen LogP contribution < -0.4 is 0 Å². The topological polar surface area (TPSA) is 38.7 Å². The van der Waals surface area contributed by atoms with E-state index in [0.717, 1.165) is 18.4 Å². The van der Waals surface area contributed by atoms with Gasteiger partial charge in [-0.15, -0.1) is 0 Å². The number of aliphatic hydroxyl groups excluding tert-OH is 1. The molecule has 4 heteroatoms. The van der Waals surface area contributed by atoms with Gasteiger partial charge in [-0.25, -0.2) is 0 Å². The van der Waals surface area contributed by atoms with Crippen molar-refractivity contribution in [3.63, 3.8) is 0 Å². The highest BCUT2D eigenvalue weighted by molar-refractivity contribution is 6.31. The Balaban J connectivity index is 2.29. The maximum Gasteiger partial charge on any atom is 0.169 e. The second-order valence-corrected chi connectivity index (χ2v) is 5.25. The second kappa shape index (κ2) is 6.23. The molecule has 0 spiro atoms. The molecule has 0 radical (unpaired) electrons. The van der Waals surface area contributed by atoms with Gasteiger partial charge in [-0.3, -0.25) is 0 Å².